The summed E-state index contributed by atoms with van der Waals surface area (Å²) < 4.78 is 0. The van der Waals surface area contributed by atoms with Gasteiger partial charge in [-0.1, -0.05) is 0 Å². The van der Waals surface area contributed by atoms with Crippen LogP contribution in [0.2, 0.25) is 0 Å². The van der Waals surface area contributed by atoms with Gasteiger partial charge in [-0.15, -0.1) is 0 Å². The Hall–Kier alpha value is -1.36. The van der Waals surface area contributed by atoms with E-state index in [4.69, 9.17) is 0 Å². The van der Waals surface area contributed by atoms with Gasteiger partial charge in [0.25, 0.3) is 0 Å². The number of aromatic amines is 1. The van der Waals surface area contributed by atoms with Gasteiger partial charge in [-0.2, -0.15) is 0 Å². The second-order valence-electron chi connectivity index (χ2n) is 5.20. The third-order valence-electron chi connectivity index (χ3n) is 2.27. The SMILES string of the molecule is Cc1[nH]cnc1CNCCC(=O)NC(C)(C)C. The molecule has 1 aromatic rings. The Morgan fingerprint density at radius 1 is 1.47 bits per heavy atom. The molecule has 0 atom stereocenters. The lowest BCUT2D eigenvalue weighted by molar-refractivity contribution is -0.122. The molecule has 0 bridgehead atoms. The summed E-state index contributed by atoms with van der Waals surface area (Å²) in [5.74, 6) is 0.0729. The maximum absolute atomic E-state index is 11.5. The highest BCUT2D eigenvalue weighted by Crippen LogP contribution is 2.00. The van der Waals surface area contributed by atoms with Crippen molar-refractivity contribution in [3.8, 4) is 0 Å². The van der Waals surface area contributed by atoms with Gasteiger partial charge in [0.2, 0.25) is 5.91 Å². The van der Waals surface area contributed by atoms with Gasteiger partial charge in [-0.05, 0) is 27.7 Å². The monoisotopic (exact) mass is 238 g/mol. The van der Waals surface area contributed by atoms with Crippen molar-refractivity contribution in [3.05, 3.63) is 17.7 Å². The zero-order chi connectivity index (χ0) is 12.9. The molecule has 0 radical (unpaired) electrons. The number of H-pyrrole nitrogens is 1. The molecule has 0 aliphatic carbocycles. The maximum atomic E-state index is 11.5. The highest BCUT2D eigenvalue weighted by Gasteiger charge is 2.12. The summed E-state index contributed by atoms with van der Waals surface area (Å²) in [6.45, 7) is 9.27. The summed E-state index contributed by atoms with van der Waals surface area (Å²) in [4.78, 5) is 18.7. The molecule has 1 aromatic heterocycles. The summed E-state index contributed by atoms with van der Waals surface area (Å²) in [5, 5.41) is 6.13. The predicted molar refractivity (Wildman–Crippen MR) is 67.5 cm³/mol. The van der Waals surface area contributed by atoms with Crippen molar-refractivity contribution >= 4 is 5.91 Å². The molecule has 17 heavy (non-hydrogen) atoms. The number of aromatic nitrogens is 2. The fourth-order valence-corrected chi connectivity index (χ4v) is 1.45. The number of imidazole rings is 1. The smallest absolute Gasteiger partial charge is 0.221 e. The van der Waals surface area contributed by atoms with E-state index in [0.29, 0.717) is 19.5 Å². The fourth-order valence-electron chi connectivity index (χ4n) is 1.45. The molecular formula is C12H22N4O. The zero-order valence-corrected chi connectivity index (χ0v) is 11.1. The number of rotatable bonds is 5. The number of hydrogen-bond donors (Lipinski definition) is 3. The van der Waals surface area contributed by atoms with Crippen LogP contribution >= 0.6 is 0 Å². The molecule has 1 rings (SSSR count). The Morgan fingerprint density at radius 3 is 2.71 bits per heavy atom. The van der Waals surface area contributed by atoms with E-state index in [0.717, 1.165) is 11.4 Å². The largest absolute Gasteiger partial charge is 0.351 e. The summed E-state index contributed by atoms with van der Waals surface area (Å²) >= 11 is 0. The minimum atomic E-state index is -0.157. The first-order valence-corrected chi connectivity index (χ1v) is 5.89. The second kappa shape index (κ2) is 5.82. The highest BCUT2D eigenvalue weighted by atomic mass is 16.1. The number of aryl methyl sites for hydroxylation is 1. The normalized spacial score (nSPS) is 11.5. The van der Waals surface area contributed by atoms with Crippen LogP contribution in [0.3, 0.4) is 0 Å². The Kier molecular flexibility index (Phi) is 4.69. The van der Waals surface area contributed by atoms with Crippen molar-refractivity contribution in [2.24, 2.45) is 0 Å². The molecule has 96 valence electrons. The van der Waals surface area contributed by atoms with Crippen molar-refractivity contribution in [2.45, 2.75) is 46.2 Å². The van der Waals surface area contributed by atoms with Gasteiger partial charge in [-0.3, -0.25) is 4.79 Å². The van der Waals surface area contributed by atoms with Gasteiger partial charge in [-0.25, -0.2) is 4.98 Å². The molecule has 3 N–H and O–H groups in total. The predicted octanol–water partition coefficient (Wildman–Crippen LogP) is 1.11. The van der Waals surface area contributed by atoms with Crippen LogP contribution in [-0.2, 0) is 11.3 Å². The first-order chi connectivity index (χ1) is 7.88. The molecule has 0 spiro atoms. The summed E-state index contributed by atoms with van der Waals surface area (Å²) in [6, 6.07) is 0. The lowest BCUT2D eigenvalue weighted by Crippen LogP contribution is -2.41. The van der Waals surface area contributed by atoms with Gasteiger partial charge in [0.05, 0.1) is 12.0 Å². The average molecular weight is 238 g/mol. The molecule has 0 aliphatic rings. The van der Waals surface area contributed by atoms with E-state index in [-0.39, 0.29) is 11.4 Å². The number of carbonyl (C=O) groups is 1. The van der Waals surface area contributed by atoms with Crippen LogP contribution in [0.15, 0.2) is 6.33 Å². The Morgan fingerprint density at radius 2 is 2.18 bits per heavy atom. The number of nitrogens with zero attached hydrogens (tertiary/aromatic N) is 1. The topological polar surface area (TPSA) is 69.8 Å². The minimum absolute atomic E-state index is 0.0729. The average Bonchev–Trinajstić information content (AvgIpc) is 2.56. The second-order valence-corrected chi connectivity index (χ2v) is 5.20. The lowest BCUT2D eigenvalue weighted by atomic mass is 10.1. The molecule has 0 unspecified atom stereocenters. The van der Waals surface area contributed by atoms with Crippen LogP contribution in [0.1, 0.15) is 38.6 Å². The number of carbonyl (C=O) groups excluding carboxylic acids is 1. The molecule has 0 saturated heterocycles. The third-order valence-corrected chi connectivity index (χ3v) is 2.27. The molecule has 0 aromatic carbocycles. The fraction of sp³-hybridized carbons (Fsp3) is 0.667. The van der Waals surface area contributed by atoms with Crippen molar-refractivity contribution in [1.29, 1.82) is 0 Å². The van der Waals surface area contributed by atoms with E-state index in [9.17, 15) is 4.79 Å². The van der Waals surface area contributed by atoms with Gasteiger partial charge < -0.3 is 15.6 Å². The van der Waals surface area contributed by atoms with Crippen LogP contribution in [-0.4, -0.2) is 28.0 Å². The van der Waals surface area contributed by atoms with Gasteiger partial charge in [0.15, 0.2) is 0 Å². The summed E-state index contributed by atoms with van der Waals surface area (Å²) in [5.41, 5.74) is 1.91. The molecule has 1 heterocycles. The molecule has 0 saturated carbocycles. The van der Waals surface area contributed by atoms with E-state index in [1.54, 1.807) is 6.33 Å². The quantitative estimate of drug-likeness (QED) is 0.673. The van der Waals surface area contributed by atoms with Gasteiger partial charge in [0.1, 0.15) is 0 Å². The van der Waals surface area contributed by atoms with Crippen LogP contribution in [0.25, 0.3) is 0 Å². The molecular weight excluding hydrogens is 216 g/mol. The Labute approximate surface area is 102 Å². The van der Waals surface area contributed by atoms with Gasteiger partial charge in [0, 0.05) is 30.7 Å². The van der Waals surface area contributed by atoms with Crippen LogP contribution < -0.4 is 10.6 Å². The van der Waals surface area contributed by atoms with E-state index < -0.39 is 0 Å². The van der Waals surface area contributed by atoms with Gasteiger partial charge >= 0.3 is 0 Å². The van der Waals surface area contributed by atoms with E-state index in [2.05, 4.69) is 20.6 Å². The molecule has 1 amide bonds. The Bertz CT molecular complexity index is 365. The Balaban J connectivity index is 2.17. The van der Waals surface area contributed by atoms with Crippen molar-refractivity contribution < 1.29 is 4.79 Å². The number of nitrogens with one attached hydrogen (secondary N) is 3. The summed E-state index contributed by atoms with van der Waals surface area (Å²) in [6.07, 6.45) is 2.17. The van der Waals surface area contributed by atoms with Crippen LogP contribution in [0, 0.1) is 6.92 Å². The van der Waals surface area contributed by atoms with Crippen LogP contribution in [0.4, 0.5) is 0 Å². The third kappa shape index (κ3) is 5.49. The molecule has 0 fully saturated rings. The van der Waals surface area contributed by atoms with Crippen molar-refractivity contribution in [3.63, 3.8) is 0 Å². The first kappa shape index (κ1) is 13.7. The first-order valence-electron chi connectivity index (χ1n) is 5.89. The van der Waals surface area contributed by atoms with Crippen molar-refractivity contribution in [2.75, 3.05) is 6.54 Å². The van der Waals surface area contributed by atoms with E-state index in [1.165, 1.54) is 0 Å². The molecule has 5 heteroatoms. The number of amides is 1. The summed E-state index contributed by atoms with van der Waals surface area (Å²) in [7, 11) is 0. The van der Waals surface area contributed by atoms with Crippen molar-refractivity contribution in [1.82, 2.24) is 20.6 Å². The van der Waals surface area contributed by atoms with Crippen LogP contribution in [0.5, 0.6) is 0 Å². The van der Waals surface area contributed by atoms with E-state index in [1.807, 2.05) is 27.7 Å². The molecule has 5 nitrogen and oxygen atoms in total. The zero-order valence-electron chi connectivity index (χ0n) is 11.1. The highest BCUT2D eigenvalue weighted by molar-refractivity contribution is 5.76. The standard InChI is InChI=1S/C12H22N4O/c1-9-10(15-8-14-9)7-13-6-5-11(17)16-12(2,3)4/h8,13H,5-7H2,1-4H3,(H,14,15)(H,16,17). The lowest BCUT2D eigenvalue weighted by Gasteiger charge is -2.20. The molecule has 0 aliphatic heterocycles. The maximum Gasteiger partial charge on any atom is 0.221 e. The number of hydrogen-bond acceptors (Lipinski definition) is 3. The van der Waals surface area contributed by atoms with E-state index >= 15 is 0 Å². The minimum Gasteiger partial charge on any atom is -0.351 e.